The number of rotatable bonds is 7. The second-order valence-corrected chi connectivity index (χ2v) is 6.95. The Morgan fingerprint density at radius 3 is 2.48 bits per heavy atom. The van der Waals surface area contributed by atoms with E-state index in [1.165, 1.54) is 5.56 Å². The Labute approximate surface area is 152 Å². The lowest BCUT2D eigenvalue weighted by atomic mass is 10.1. The van der Waals surface area contributed by atoms with E-state index in [9.17, 15) is 4.79 Å². The summed E-state index contributed by atoms with van der Waals surface area (Å²) < 4.78 is 5.73. The quantitative estimate of drug-likeness (QED) is 0.665. The van der Waals surface area contributed by atoms with Gasteiger partial charge < -0.3 is 10.1 Å². The van der Waals surface area contributed by atoms with Crippen LogP contribution in [0.2, 0.25) is 0 Å². The zero-order chi connectivity index (χ0) is 17.5. The number of hydrazine groups is 1. The molecule has 2 aromatic carbocycles. The van der Waals surface area contributed by atoms with Gasteiger partial charge >= 0.3 is 0 Å². The van der Waals surface area contributed by atoms with Gasteiger partial charge in [-0.05, 0) is 29.7 Å². The molecule has 1 aliphatic rings. The number of hydrogen-bond donors (Lipinski definition) is 3. The average Bonchev–Trinajstić information content (AvgIpc) is 2.66. The molecule has 2 aromatic rings. The lowest BCUT2D eigenvalue weighted by Crippen LogP contribution is -2.60. The predicted molar refractivity (Wildman–Crippen MR) is 101 cm³/mol. The predicted octanol–water partition coefficient (Wildman–Crippen LogP) is 2.61. The van der Waals surface area contributed by atoms with Crippen LogP contribution in [0.4, 0.5) is 0 Å². The molecule has 5 nitrogen and oxygen atoms in total. The van der Waals surface area contributed by atoms with E-state index in [4.69, 9.17) is 4.74 Å². The highest BCUT2D eigenvalue weighted by molar-refractivity contribution is 7.99. The van der Waals surface area contributed by atoms with E-state index in [0.717, 1.165) is 23.5 Å². The molecule has 1 heterocycles. The van der Waals surface area contributed by atoms with E-state index >= 15 is 0 Å². The maximum absolute atomic E-state index is 12.3. The fourth-order valence-electron chi connectivity index (χ4n) is 2.58. The van der Waals surface area contributed by atoms with E-state index in [1.54, 1.807) is 11.8 Å². The molecule has 0 saturated carbocycles. The number of aryl methyl sites for hydroxylation is 1. The van der Waals surface area contributed by atoms with Crippen molar-refractivity contribution in [3.05, 3.63) is 65.7 Å². The highest BCUT2D eigenvalue weighted by Gasteiger charge is 2.28. The molecule has 2 atom stereocenters. The molecule has 25 heavy (non-hydrogen) atoms. The third kappa shape index (κ3) is 4.98. The van der Waals surface area contributed by atoms with E-state index in [-0.39, 0.29) is 17.4 Å². The van der Waals surface area contributed by atoms with E-state index in [0.29, 0.717) is 6.61 Å². The van der Waals surface area contributed by atoms with Crippen molar-refractivity contribution < 1.29 is 9.53 Å². The van der Waals surface area contributed by atoms with Gasteiger partial charge in [0.25, 0.3) is 0 Å². The maximum atomic E-state index is 12.3. The maximum Gasteiger partial charge on any atom is 0.244 e. The Balaban J connectivity index is 1.39. The number of thioether (sulfide) groups is 1. The van der Waals surface area contributed by atoms with Crippen LogP contribution in [0.15, 0.2) is 54.6 Å². The van der Waals surface area contributed by atoms with Crippen LogP contribution in [0.5, 0.6) is 5.75 Å². The Morgan fingerprint density at radius 2 is 1.80 bits per heavy atom. The van der Waals surface area contributed by atoms with Crippen LogP contribution < -0.4 is 20.9 Å². The number of carbonyl (C=O) groups is 1. The third-order valence-electron chi connectivity index (χ3n) is 4.00. The molecule has 1 amide bonds. The second kappa shape index (κ2) is 8.89. The monoisotopic (exact) mass is 357 g/mol. The second-order valence-electron chi connectivity index (χ2n) is 5.74. The Hall–Kier alpha value is -2.02. The molecule has 6 heteroatoms. The molecule has 3 N–H and O–H groups in total. The summed E-state index contributed by atoms with van der Waals surface area (Å²) in [5.74, 6) is 1.62. The van der Waals surface area contributed by atoms with E-state index < -0.39 is 0 Å². The van der Waals surface area contributed by atoms with Gasteiger partial charge in [-0.2, -0.15) is 0 Å². The molecule has 1 fully saturated rings. The molecule has 132 valence electrons. The molecular weight excluding hydrogens is 334 g/mol. The van der Waals surface area contributed by atoms with Crippen LogP contribution in [0.25, 0.3) is 0 Å². The average molecular weight is 357 g/mol. The van der Waals surface area contributed by atoms with Crippen molar-refractivity contribution in [2.75, 3.05) is 12.4 Å². The molecule has 0 aliphatic carbocycles. The zero-order valence-electron chi connectivity index (χ0n) is 14.2. The van der Waals surface area contributed by atoms with Crippen molar-refractivity contribution in [1.82, 2.24) is 16.2 Å². The lowest BCUT2D eigenvalue weighted by molar-refractivity contribution is -0.125. The lowest BCUT2D eigenvalue weighted by Gasteiger charge is -2.31. The molecule has 2 unspecified atom stereocenters. The smallest absolute Gasteiger partial charge is 0.244 e. The summed E-state index contributed by atoms with van der Waals surface area (Å²) in [4.78, 5) is 12.3. The number of carbonyl (C=O) groups excluding carboxylic acids is 1. The number of hydrogen-bond acceptors (Lipinski definition) is 5. The number of benzene rings is 2. The largest absolute Gasteiger partial charge is 0.493 e. The van der Waals surface area contributed by atoms with Crippen molar-refractivity contribution in [3.63, 3.8) is 0 Å². The molecular formula is C19H23N3O2S. The zero-order valence-corrected chi connectivity index (χ0v) is 15.0. The minimum absolute atomic E-state index is 0.0291. The first-order chi connectivity index (χ1) is 12.3. The van der Waals surface area contributed by atoms with Crippen LogP contribution in [-0.4, -0.2) is 23.8 Å². The number of nitrogens with one attached hydrogen (secondary N) is 3. The molecule has 1 aliphatic heterocycles. The summed E-state index contributed by atoms with van der Waals surface area (Å²) in [6.45, 7) is 2.72. The molecule has 0 radical (unpaired) electrons. The molecule has 0 aromatic heterocycles. The van der Waals surface area contributed by atoms with Gasteiger partial charge in [-0.3, -0.25) is 4.79 Å². The fraction of sp³-hybridized carbons (Fsp3) is 0.316. The van der Waals surface area contributed by atoms with Crippen molar-refractivity contribution in [3.8, 4) is 5.75 Å². The van der Waals surface area contributed by atoms with Crippen LogP contribution >= 0.6 is 11.8 Å². The SMILES string of the molecule is CCc1ccc(OCCSC2NNC(c3ccccc3)C(=O)N2)cc1. The summed E-state index contributed by atoms with van der Waals surface area (Å²) in [6.07, 6.45) is 1.03. The normalized spacial score (nSPS) is 20.1. The summed E-state index contributed by atoms with van der Waals surface area (Å²) in [5.41, 5.74) is 8.29. The summed E-state index contributed by atoms with van der Waals surface area (Å²) in [7, 11) is 0. The molecule has 3 rings (SSSR count). The standard InChI is InChI=1S/C19H23N3O2S/c1-2-14-8-10-16(11-9-14)24-12-13-25-19-20-18(23)17(21-22-19)15-6-4-3-5-7-15/h3-11,17,19,21-22H,2,12-13H2,1H3,(H,20,23). The minimum Gasteiger partial charge on any atom is -0.493 e. The van der Waals surface area contributed by atoms with Crippen LogP contribution in [0.1, 0.15) is 24.1 Å². The van der Waals surface area contributed by atoms with Gasteiger partial charge in [0, 0.05) is 5.75 Å². The first kappa shape index (κ1) is 17.8. The van der Waals surface area contributed by atoms with Gasteiger partial charge in [-0.15, -0.1) is 11.8 Å². The number of amides is 1. The molecule has 0 bridgehead atoms. The van der Waals surface area contributed by atoms with Gasteiger partial charge in [-0.25, -0.2) is 10.9 Å². The minimum atomic E-state index is -0.369. The van der Waals surface area contributed by atoms with Crippen LogP contribution in [0.3, 0.4) is 0 Å². The summed E-state index contributed by atoms with van der Waals surface area (Å²) in [5, 5.41) is 2.97. The van der Waals surface area contributed by atoms with E-state index in [2.05, 4.69) is 35.2 Å². The highest BCUT2D eigenvalue weighted by Crippen LogP contribution is 2.18. The van der Waals surface area contributed by atoms with Gasteiger partial charge in [-0.1, -0.05) is 49.4 Å². The van der Waals surface area contributed by atoms with Crippen LogP contribution in [-0.2, 0) is 11.2 Å². The topological polar surface area (TPSA) is 62.4 Å². The van der Waals surface area contributed by atoms with Crippen molar-refractivity contribution in [2.45, 2.75) is 24.9 Å². The van der Waals surface area contributed by atoms with Crippen molar-refractivity contribution in [2.24, 2.45) is 0 Å². The van der Waals surface area contributed by atoms with E-state index in [1.807, 2.05) is 42.5 Å². The Kier molecular flexibility index (Phi) is 6.33. The van der Waals surface area contributed by atoms with Gasteiger partial charge in [0.05, 0.1) is 6.61 Å². The fourth-order valence-corrected chi connectivity index (χ4v) is 3.35. The molecule has 0 spiro atoms. The van der Waals surface area contributed by atoms with Gasteiger partial charge in [0.2, 0.25) is 5.91 Å². The third-order valence-corrected chi connectivity index (χ3v) is 4.97. The Bertz CT molecular complexity index is 679. The van der Waals surface area contributed by atoms with Gasteiger partial charge in [0.15, 0.2) is 0 Å². The summed E-state index contributed by atoms with van der Waals surface area (Å²) in [6, 6.07) is 17.4. The van der Waals surface area contributed by atoms with Crippen LogP contribution in [0, 0.1) is 0 Å². The first-order valence-electron chi connectivity index (χ1n) is 8.46. The molecule has 1 saturated heterocycles. The van der Waals surface area contributed by atoms with Crippen molar-refractivity contribution >= 4 is 17.7 Å². The van der Waals surface area contributed by atoms with Crippen molar-refractivity contribution in [1.29, 1.82) is 0 Å². The van der Waals surface area contributed by atoms with Gasteiger partial charge in [0.1, 0.15) is 17.3 Å². The highest BCUT2D eigenvalue weighted by atomic mass is 32.2. The Morgan fingerprint density at radius 1 is 1.04 bits per heavy atom. The summed E-state index contributed by atoms with van der Waals surface area (Å²) >= 11 is 1.59. The first-order valence-corrected chi connectivity index (χ1v) is 9.51. The number of ether oxygens (including phenoxy) is 1.